The van der Waals surface area contributed by atoms with Gasteiger partial charge in [-0.3, -0.25) is 4.79 Å². The van der Waals surface area contributed by atoms with E-state index in [4.69, 9.17) is 49.6 Å². The molecule has 1 aliphatic heterocycles. The molecule has 0 bridgehead atoms. The molecule has 0 radical (unpaired) electrons. The lowest BCUT2D eigenvalue weighted by atomic mass is 9.95. The fraction of sp³-hybridized carbons (Fsp3) is 0.194. The molecule has 0 spiro atoms. The topological polar surface area (TPSA) is 134 Å². The van der Waals surface area contributed by atoms with Gasteiger partial charge in [0.2, 0.25) is 0 Å². The number of nitrogens with zero attached hydrogens (tertiary/aromatic N) is 2. The number of amides is 1. The minimum Gasteiger partial charge on any atom is -0.486 e. The van der Waals surface area contributed by atoms with Crippen LogP contribution in [0, 0.1) is 11.3 Å². The fourth-order valence-electron chi connectivity index (χ4n) is 4.31. The van der Waals surface area contributed by atoms with Gasteiger partial charge in [0.15, 0.2) is 17.5 Å². The lowest BCUT2D eigenvalue weighted by Gasteiger charge is -2.30. The number of hydrogen-bond acceptors (Lipinski definition) is 8. The van der Waals surface area contributed by atoms with Crippen LogP contribution in [0.15, 0.2) is 77.0 Å². The van der Waals surface area contributed by atoms with Gasteiger partial charge in [-0.25, -0.2) is 10.2 Å². The first-order chi connectivity index (χ1) is 21.2. The highest BCUT2D eigenvalue weighted by molar-refractivity contribution is 7.80. The molecule has 1 amide bonds. The van der Waals surface area contributed by atoms with Gasteiger partial charge < -0.3 is 24.8 Å². The summed E-state index contributed by atoms with van der Waals surface area (Å²) in [7, 11) is 0. The molecule has 1 atom stereocenters. The predicted octanol–water partition coefficient (Wildman–Crippen LogP) is 5.33. The number of rotatable bonds is 11. The number of hydrogen-bond donors (Lipinski definition) is 3. The van der Waals surface area contributed by atoms with Gasteiger partial charge in [0.05, 0.1) is 46.1 Å². The average Bonchev–Trinajstić information content (AvgIpc) is 2.99. The van der Waals surface area contributed by atoms with E-state index in [2.05, 4.69) is 27.2 Å². The van der Waals surface area contributed by atoms with Crippen molar-refractivity contribution in [1.82, 2.24) is 16.1 Å². The molecule has 0 aromatic heterocycles. The summed E-state index contributed by atoms with van der Waals surface area (Å²) >= 11 is 18.1. The normalized spacial score (nSPS) is 14.3. The third-order valence-electron chi connectivity index (χ3n) is 6.29. The minimum atomic E-state index is -0.650. The van der Waals surface area contributed by atoms with Gasteiger partial charge in [0, 0.05) is 16.8 Å². The Morgan fingerprint density at radius 3 is 2.55 bits per heavy atom. The number of nitriles is 1. The maximum Gasteiger partial charge on any atom is 0.338 e. The molecular weight excluding hydrogens is 625 g/mol. The van der Waals surface area contributed by atoms with E-state index >= 15 is 0 Å². The number of esters is 1. The fourth-order valence-corrected chi connectivity index (χ4v) is 5.19. The Labute approximate surface area is 269 Å². The number of halogens is 2. The molecule has 0 saturated carbocycles. The van der Waals surface area contributed by atoms with Crippen LogP contribution in [-0.2, 0) is 20.9 Å². The molecule has 10 nitrogen and oxygen atoms in total. The first-order valence-electron chi connectivity index (χ1n) is 13.3. The van der Waals surface area contributed by atoms with Crippen molar-refractivity contribution in [3.63, 3.8) is 0 Å². The minimum absolute atomic E-state index is 0.107. The maximum absolute atomic E-state index is 12.7. The van der Waals surface area contributed by atoms with E-state index in [0.717, 1.165) is 0 Å². The summed E-state index contributed by atoms with van der Waals surface area (Å²) in [5, 5.41) is 20.1. The van der Waals surface area contributed by atoms with Crippen LogP contribution in [0.5, 0.6) is 11.5 Å². The Morgan fingerprint density at radius 2 is 1.82 bits per heavy atom. The largest absolute Gasteiger partial charge is 0.486 e. The molecule has 3 N–H and O–H groups in total. The molecule has 0 saturated heterocycles. The van der Waals surface area contributed by atoms with Crippen LogP contribution < -0.4 is 25.5 Å². The van der Waals surface area contributed by atoms with Gasteiger partial charge in [-0.15, -0.1) is 0 Å². The summed E-state index contributed by atoms with van der Waals surface area (Å²) in [4.78, 5) is 25.3. The van der Waals surface area contributed by atoms with E-state index in [9.17, 15) is 14.9 Å². The molecule has 0 fully saturated rings. The zero-order chi connectivity index (χ0) is 31.6. The van der Waals surface area contributed by atoms with Crippen LogP contribution in [0.1, 0.15) is 42.1 Å². The van der Waals surface area contributed by atoms with E-state index in [-0.39, 0.29) is 35.6 Å². The highest BCUT2D eigenvalue weighted by atomic mass is 35.5. The van der Waals surface area contributed by atoms with E-state index in [1.54, 1.807) is 68.4 Å². The van der Waals surface area contributed by atoms with Crippen LogP contribution >= 0.6 is 35.4 Å². The first-order valence-corrected chi connectivity index (χ1v) is 14.5. The van der Waals surface area contributed by atoms with E-state index < -0.39 is 17.9 Å². The highest BCUT2D eigenvalue weighted by Crippen LogP contribution is 2.35. The number of thiocarbonyl (C=S) groups is 1. The van der Waals surface area contributed by atoms with E-state index in [0.29, 0.717) is 44.4 Å². The van der Waals surface area contributed by atoms with Crippen molar-refractivity contribution >= 4 is 58.6 Å². The summed E-state index contributed by atoms with van der Waals surface area (Å²) in [6.45, 7) is 3.41. The third kappa shape index (κ3) is 8.05. The zero-order valence-electron chi connectivity index (χ0n) is 23.6. The summed E-state index contributed by atoms with van der Waals surface area (Å²) in [5.41, 5.74) is 5.61. The second-order valence-corrected chi connectivity index (χ2v) is 10.5. The van der Waals surface area contributed by atoms with Crippen molar-refractivity contribution in [3.05, 3.63) is 104 Å². The highest BCUT2D eigenvalue weighted by Gasteiger charge is 2.32. The number of allylic oxidation sites excluding steroid dienone is 1. The van der Waals surface area contributed by atoms with Crippen molar-refractivity contribution in [2.75, 3.05) is 13.2 Å². The number of hydrazone groups is 1. The number of benzene rings is 3. The second kappa shape index (κ2) is 15.2. The summed E-state index contributed by atoms with van der Waals surface area (Å²) in [6.07, 6.45) is 1.37. The lowest BCUT2D eigenvalue weighted by molar-refractivity contribution is -0.139. The standard InChI is InChI=1S/C31H27Cl2N5O5S/c1-3-41-30(40)27-18(2)36-31(44)37-28(27)22-10-6-7-11-25(22)42-17-26(39)38-35-15-19-12-23(32)29(24(33)13-19)43-16-21-9-5-4-8-20(21)14-34/h4-13,15,28H,3,16-17H2,1-2H3,(H,38,39)(H2,36,37,44)/t28-/m0/s1. The van der Waals surface area contributed by atoms with Gasteiger partial charge in [0.1, 0.15) is 12.4 Å². The maximum atomic E-state index is 12.7. The van der Waals surface area contributed by atoms with Crippen LogP contribution in [0.2, 0.25) is 10.0 Å². The van der Waals surface area contributed by atoms with Gasteiger partial charge in [-0.2, -0.15) is 10.4 Å². The molecule has 13 heteroatoms. The second-order valence-electron chi connectivity index (χ2n) is 9.28. The number of para-hydroxylation sites is 1. The van der Waals surface area contributed by atoms with Crippen LogP contribution in [-0.4, -0.2) is 36.4 Å². The molecule has 4 rings (SSSR count). The Hall–Kier alpha value is -4.63. The molecular formula is C31H27Cl2N5O5S. The van der Waals surface area contributed by atoms with Crippen molar-refractivity contribution < 1.29 is 23.8 Å². The Kier molecular flexibility index (Phi) is 11.2. The van der Waals surface area contributed by atoms with Gasteiger partial charge in [-0.05, 0) is 55.9 Å². The quantitative estimate of drug-likeness (QED) is 0.109. The monoisotopic (exact) mass is 651 g/mol. The molecule has 3 aromatic rings. The Balaban J connectivity index is 1.38. The van der Waals surface area contributed by atoms with Crippen LogP contribution in [0.4, 0.5) is 0 Å². The van der Waals surface area contributed by atoms with Gasteiger partial charge in [0.25, 0.3) is 5.91 Å². The molecule has 0 aliphatic carbocycles. The third-order valence-corrected chi connectivity index (χ3v) is 7.07. The van der Waals surface area contributed by atoms with Crippen LogP contribution in [0.25, 0.3) is 0 Å². The summed E-state index contributed by atoms with van der Waals surface area (Å²) in [5.74, 6) is -0.400. The SMILES string of the molecule is CCOC(=O)C1=C(C)NC(=S)N[C@H]1c1ccccc1OCC(=O)NN=Cc1cc(Cl)c(OCc2ccccc2C#N)c(Cl)c1. The lowest BCUT2D eigenvalue weighted by Crippen LogP contribution is -2.45. The molecule has 226 valence electrons. The number of carbonyl (C=O) groups is 2. The summed E-state index contributed by atoms with van der Waals surface area (Å²) < 4.78 is 16.8. The molecule has 0 unspecified atom stereocenters. The molecule has 3 aromatic carbocycles. The van der Waals surface area contributed by atoms with Gasteiger partial charge >= 0.3 is 5.97 Å². The van der Waals surface area contributed by atoms with E-state index in [1.807, 2.05) is 6.07 Å². The van der Waals surface area contributed by atoms with Crippen molar-refractivity contribution in [2.45, 2.75) is 26.5 Å². The molecule has 1 aliphatic rings. The average molecular weight is 653 g/mol. The smallest absolute Gasteiger partial charge is 0.338 e. The van der Waals surface area contributed by atoms with Gasteiger partial charge in [-0.1, -0.05) is 59.6 Å². The summed E-state index contributed by atoms with van der Waals surface area (Å²) in [6, 6.07) is 18.7. The van der Waals surface area contributed by atoms with Crippen LogP contribution in [0.3, 0.4) is 0 Å². The zero-order valence-corrected chi connectivity index (χ0v) is 26.0. The Bertz CT molecular complexity index is 1660. The van der Waals surface area contributed by atoms with E-state index in [1.165, 1.54) is 6.21 Å². The Morgan fingerprint density at radius 1 is 1.11 bits per heavy atom. The predicted molar refractivity (Wildman–Crippen MR) is 171 cm³/mol. The number of nitrogens with one attached hydrogen (secondary N) is 3. The van der Waals surface area contributed by atoms with Crippen molar-refractivity contribution in [1.29, 1.82) is 5.26 Å². The van der Waals surface area contributed by atoms with Crippen molar-refractivity contribution in [3.8, 4) is 17.6 Å². The number of ether oxygens (including phenoxy) is 3. The number of carbonyl (C=O) groups excluding carboxylic acids is 2. The molecule has 1 heterocycles. The van der Waals surface area contributed by atoms with Crippen molar-refractivity contribution in [2.24, 2.45) is 5.10 Å². The first kappa shape index (κ1) is 32.3. The molecule has 44 heavy (non-hydrogen) atoms.